The zero-order valence-corrected chi connectivity index (χ0v) is 12.1. The van der Waals surface area contributed by atoms with Crippen LogP contribution in [0.3, 0.4) is 0 Å². The van der Waals surface area contributed by atoms with Crippen molar-refractivity contribution in [3.05, 3.63) is 16.6 Å². The number of nitrogens with two attached hydrogens (primary N) is 1. The van der Waals surface area contributed by atoms with Crippen LogP contribution in [0.25, 0.3) is 5.57 Å². The lowest BCUT2D eigenvalue weighted by molar-refractivity contribution is 0.269. The Morgan fingerprint density at radius 3 is 3.00 bits per heavy atom. The third-order valence-electron chi connectivity index (χ3n) is 3.37. The van der Waals surface area contributed by atoms with Gasteiger partial charge in [0.1, 0.15) is 0 Å². The van der Waals surface area contributed by atoms with Crippen molar-refractivity contribution in [3.63, 3.8) is 0 Å². The standard InChI is InChI=1S/C11H15N3S.2ClH/c1-14-6-2-3-7-8(14)4-5-9-10(7)13-11(12)15-9;;/h3,8H,2,4-6H2,1H3,(H2,12,13);2*1H/t8-;;/m1../s1. The van der Waals surface area contributed by atoms with E-state index in [0.29, 0.717) is 6.04 Å². The van der Waals surface area contributed by atoms with E-state index in [2.05, 4.69) is 23.0 Å². The molecule has 1 aliphatic carbocycles. The maximum Gasteiger partial charge on any atom is 0.180 e. The molecule has 1 aromatic rings. The van der Waals surface area contributed by atoms with Crippen molar-refractivity contribution in [1.29, 1.82) is 0 Å². The fourth-order valence-electron chi connectivity index (χ4n) is 2.62. The van der Waals surface area contributed by atoms with Gasteiger partial charge in [-0.05, 0) is 31.9 Å². The first-order valence-corrected chi connectivity index (χ1v) is 6.23. The summed E-state index contributed by atoms with van der Waals surface area (Å²) in [4.78, 5) is 8.29. The third-order valence-corrected chi connectivity index (χ3v) is 4.31. The van der Waals surface area contributed by atoms with Crippen molar-refractivity contribution in [3.8, 4) is 0 Å². The minimum atomic E-state index is 0. The van der Waals surface area contributed by atoms with Gasteiger partial charge in [0.15, 0.2) is 5.13 Å². The predicted molar refractivity (Wildman–Crippen MR) is 78.4 cm³/mol. The highest BCUT2D eigenvalue weighted by Crippen LogP contribution is 2.38. The smallest absolute Gasteiger partial charge is 0.180 e. The predicted octanol–water partition coefficient (Wildman–Crippen LogP) is 2.60. The minimum Gasteiger partial charge on any atom is -0.375 e. The highest BCUT2D eigenvalue weighted by molar-refractivity contribution is 7.15. The second-order valence-corrected chi connectivity index (χ2v) is 5.42. The number of hydrogen-bond acceptors (Lipinski definition) is 4. The number of halogens is 2. The molecule has 96 valence electrons. The zero-order valence-electron chi connectivity index (χ0n) is 9.68. The first-order valence-electron chi connectivity index (χ1n) is 5.41. The van der Waals surface area contributed by atoms with Gasteiger partial charge in [0.25, 0.3) is 0 Å². The molecule has 0 saturated heterocycles. The Morgan fingerprint density at radius 1 is 1.47 bits per heavy atom. The first-order chi connectivity index (χ1) is 7.25. The van der Waals surface area contributed by atoms with E-state index in [1.165, 1.54) is 29.1 Å². The van der Waals surface area contributed by atoms with Gasteiger partial charge in [-0.25, -0.2) is 4.98 Å². The van der Waals surface area contributed by atoms with Crippen molar-refractivity contribution in [1.82, 2.24) is 9.88 Å². The summed E-state index contributed by atoms with van der Waals surface area (Å²) in [6, 6.07) is 0.577. The molecule has 3 nitrogen and oxygen atoms in total. The van der Waals surface area contributed by atoms with Gasteiger partial charge in [-0.15, -0.1) is 36.2 Å². The molecular weight excluding hydrogens is 277 g/mol. The van der Waals surface area contributed by atoms with E-state index in [1.54, 1.807) is 11.3 Å². The fraction of sp³-hybridized carbons (Fsp3) is 0.545. The molecule has 6 heteroatoms. The minimum absolute atomic E-state index is 0. The zero-order chi connectivity index (χ0) is 10.4. The average molecular weight is 294 g/mol. The van der Waals surface area contributed by atoms with Crippen LogP contribution in [-0.4, -0.2) is 29.5 Å². The van der Waals surface area contributed by atoms with Crippen LogP contribution in [0, 0.1) is 0 Å². The highest BCUT2D eigenvalue weighted by atomic mass is 35.5. The maximum atomic E-state index is 5.78. The molecular formula is C11H17Cl2N3S. The van der Waals surface area contributed by atoms with Crippen LogP contribution >= 0.6 is 36.2 Å². The van der Waals surface area contributed by atoms with Crippen LogP contribution in [0.5, 0.6) is 0 Å². The Balaban J connectivity index is 0.000000722. The topological polar surface area (TPSA) is 42.2 Å². The summed E-state index contributed by atoms with van der Waals surface area (Å²) in [6.07, 6.45) is 5.84. The summed E-state index contributed by atoms with van der Waals surface area (Å²) >= 11 is 1.65. The lowest BCUT2D eigenvalue weighted by Crippen LogP contribution is -2.38. The van der Waals surface area contributed by atoms with Crippen molar-refractivity contribution >= 4 is 46.9 Å². The van der Waals surface area contributed by atoms with Gasteiger partial charge in [0.05, 0.1) is 5.69 Å². The SMILES string of the molecule is CN1CCC=C2c3nc(N)sc3CC[C@H]21.Cl.Cl. The van der Waals surface area contributed by atoms with E-state index in [1.807, 2.05) is 0 Å². The fourth-order valence-corrected chi connectivity index (χ4v) is 3.49. The summed E-state index contributed by atoms with van der Waals surface area (Å²) in [7, 11) is 2.21. The number of aromatic nitrogens is 1. The average Bonchev–Trinajstić information content (AvgIpc) is 2.59. The number of nitrogens with zero attached hydrogens (tertiary/aromatic N) is 2. The number of aryl methyl sites for hydroxylation is 1. The Hall–Kier alpha value is -0.290. The highest BCUT2D eigenvalue weighted by Gasteiger charge is 2.31. The molecule has 0 spiro atoms. The number of nitrogen functional groups attached to an aromatic ring is 1. The third kappa shape index (κ3) is 2.45. The number of anilines is 1. The quantitative estimate of drug-likeness (QED) is 0.799. The monoisotopic (exact) mass is 293 g/mol. The van der Waals surface area contributed by atoms with Crippen molar-refractivity contribution in [2.75, 3.05) is 19.3 Å². The Kier molecular flexibility index (Phi) is 4.84. The second-order valence-electron chi connectivity index (χ2n) is 4.31. The van der Waals surface area contributed by atoms with Crippen LogP contribution < -0.4 is 5.73 Å². The van der Waals surface area contributed by atoms with Gasteiger partial charge in [-0.3, -0.25) is 4.90 Å². The number of rotatable bonds is 0. The molecule has 0 unspecified atom stereocenters. The van der Waals surface area contributed by atoms with Crippen molar-refractivity contribution < 1.29 is 0 Å². The van der Waals surface area contributed by atoms with E-state index < -0.39 is 0 Å². The molecule has 0 amide bonds. The van der Waals surface area contributed by atoms with E-state index in [4.69, 9.17) is 5.73 Å². The lowest BCUT2D eigenvalue weighted by atomic mass is 9.88. The van der Waals surface area contributed by atoms with Crippen molar-refractivity contribution in [2.45, 2.75) is 25.3 Å². The lowest BCUT2D eigenvalue weighted by Gasteiger charge is -2.35. The molecule has 2 aliphatic rings. The molecule has 0 aromatic carbocycles. The molecule has 1 aromatic heterocycles. The summed E-state index contributed by atoms with van der Waals surface area (Å²) in [6.45, 7) is 1.17. The van der Waals surface area contributed by atoms with Gasteiger partial charge < -0.3 is 5.73 Å². The molecule has 1 atom stereocenters. The summed E-state index contributed by atoms with van der Waals surface area (Å²) in [5, 5.41) is 0.717. The van der Waals surface area contributed by atoms with E-state index in [0.717, 1.165) is 18.0 Å². The van der Waals surface area contributed by atoms with Gasteiger partial charge in [-0.2, -0.15) is 0 Å². The van der Waals surface area contributed by atoms with Crippen LogP contribution in [-0.2, 0) is 6.42 Å². The summed E-state index contributed by atoms with van der Waals surface area (Å²) < 4.78 is 0. The molecule has 17 heavy (non-hydrogen) atoms. The molecule has 0 saturated carbocycles. The summed E-state index contributed by atoms with van der Waals surface area (Å²) in [5.74, 6) is 0. The Morgan fingerprint density at radius 2 is 2.24 bits per heavy atom. The molecule has 0 radical (unpaired) electrons. The van der Waals surface area contributed by atoms with Crippen LogP contribution in [0.2, 0.25) is 0 Å². The number of likely N-dealkylation sites (N-methyl/N-ethyl adjacent to an activating group) is 1. The van der Waals surface area contributed by atoms with Gasteiger partial charge >= 0.3 is 0 Å². The molecule has 2 heterocycles. The normalized spacial score (nSPS) is 22.6. The first kappa shape index (κ1) is 14.8. The van der Waals surface area contributed by atoms with Crippen LogP contribution in [0.1, 0.15) is 23.4 Å². The van der Waals surface area contributed by atoms with E-state index in [9.17, 15) is 0 Å². The Bertz CT molecular complexity index is 430. The van der Waals surface area contributed by atoms with Gasteiger partial charge in [0, 0.05) is 17.5 Å². The molecule has 2 N–H and O–H groups in total. The number of fused-ring (bicyclic) bond motifs is 3. The molecule has 0 fully saturated rings. The second kappa shape index (κ2) is 5.57. The summed E-state index contributed by atoms with van der Waals surface area (Å²) in [5.41, 5.74) is 8.38. The Labute approximate surface area is 118 Å². The molecule has 1 aliphatic heterocycles. The molecule has 0 bridgehead atoms. The van der Waals surface area contributed by atoms with Crippen LogP contribution in [0.4, 0.5) is 5.13 Å². The van der Waals surface area contributed by atoms with E-state index >= 15 is 0 Å². The van der Waals surface area contributed by atoms with Crippen molar-refractivity contribution in [2.24, 2.45) is 0 Å². The maximum absolute atomic E-state index is 5.78. The number of hydrogen-bond donors (Lipinski definition) is 1. The molecule has 3 rings (SSSR count). The van der Waals surface area contributed by atoms with Gasteiger partial charge in [-0.1, -0.05) is 6.08 Å². The van der Waals surface area contributed by atoms with Gasteiger partial charge in [0.2, 0.25) is 0 Å². The van der Waals surface area contributed by atoms with Crippen LogP contribution in [0.15, 0.2) is 6.08 Å². The van der Waals surface area contributed by atoms with E-state index in [-0.39, 0.29) is 24.8 Å². The number of thiazole rings is 1. The largest absolute Gasteiger partial charge is 0.375 e.